The van der Waals surface area contributed by atoms with E-state index in [-0.39, 0.29) is 12.0 Å². The molecule has 2 rings (SSSR count). The highest BCUT2D eigenvalue weighted by Crippen LogP contribution is 2.42. The lowest BCUT2D eigenvalue weighted by atomic mass is 9.69. The van der Waals surface area contributed by atoms with Crippen molar-refractivity contribution < 1.29 is 14.6 Å². The van der Waals surface area contributed by atoms with Crippen molar-refractivity contribution in [2.45, 2.75) is 51.7 Å². The Morgan fingerprint density at radius 2 is 1.62 bits per heavy atom. The number of aliphatic hydroxyl groups is 1. The van der Waals surface area contributed by atoms with Gasteiger partial charge >= 0.3 is 0 Å². The van der Waals surface area contributed by atoms with Crippen LogP contribution in [0.4, 0.5) is 0 Å². The zero-order valence-corrected chi connectivity index (χ0v) is 10.5. The van der Waals surface area contributed by atoms with Crippen molar-refractivity contribution >= 4 is 0 Å². The number of ether oxygens (including phenoxy) is 2. The molecule has 2 aliphatic rings. The fourth-order valence-electron chi connectivity index (χ4n) is 2.89. The Bertz CT molecular complexity index is 221. The molecule has 0 aromatic rings. The van der Waals surface area contributed by atoms with Crippen LogP contribution >= 0.6 is 0 Å². The van der Waals surface area contributed by atoms with Crippen molar-refractivity contribution in [3.63, 3.8) is 0 Å². The maximum Gasteiger partial charge on any atom is 0.162 e. The molecular weight excluding hydrogens is 204 g/mol. The molecule has 1 heterocycles. The molecule has 1 aliphatic carbocycles. The summed E-state index contributed by atoms with van der Waals surface area (Å²) in [5, 5.41) is 9.70. The highest BCUT2D eigenvalue weighted by molar-refractivity contribution is 4.90. The minimum absolute atomic E-state index is 0.143. The molecule has 0 aromatic carbocycles. The van der Waals surface area contributed by atoms with Crippen LogP contribution in [0.5, 0.6) is 0 Å². The number of aliphatic hydroxyl groups excluding tert-OH is 1. The molecule has 1 aliphatic heterocycles. The van der Waals surface area contributed by atoms with Crippen LogP contribution in [-0.2, 0) is 9.47 Å². The first kappa shape index (κ1) is 12.3. The fourth-order valence-corrected chi connectivity index (χ4v) is 2.89. The predicted octanol–water partition coefficient (Wildman–Crippen LogP) is 2.33. The average Bonchev–Trinajstić information content (AvgIpc) is 2.31. The van der Waals surface area contributed by atoms with Crippen molar-refractivity contribution in [1.29, 1.82) is 0 Å². The SMILES string of the molecule is CC1(C)OCC(CO)(C2CCCCC2)CO1. The lowest BCUT2D eigenvalue weighted by Crippen LogP contribution is -2.52. The molecular formula is C13H24O3. The summed E-state index contributed by atoms with van der Waals surface area (Å²) < 4.78 is 11.5. The third-order valence-electron chi connectivity index (χ3n) is 4.20. The van der Waals surface area contributed by atoms with Crippen LogP contribution in [0.15, 0.2) is 0 Å². The number of hydrogen-bond acceptors (Lipinski definition) is 3. The summed E-state index contributed by atoms with van der Waals surface area (Å²) in [6.07, 6.45) is 6.35. The van der Waals surface area contributed by atoms with Crippen LogP contribution < -0.4 is 0 Å². The van der Waals surface area contributed by atoms with E-state index in [1.165, 1.54) is 32.1 Å². The molecule has 0 unspecified atom stereocenters. The van der Waals surface area contributed by atoms with Gasteiger partial charge in [0.25, 0.3) is 0 Å². The Kier molecular flexibility index (Phi) is 3.57. The Hall–Kier alpha value is -0.120. The van der Waals surface area contributed by atoms with Crippen LogP contribution in [0.2, 0.25) is 0 Å². The van der Waals surface area contributed by atoms with Gasteiger partial charge in [0.2, 0.25) is 0 Å². The molecule has 0 atom stereocenters. The van der Waals surface area contributed by atoms with Crippen molar-refractivity contribution in [1.82, 2.24) is 0 Å². The van der Waals surface area contributed by atoms with E-state index in [9.17, 15) is 5.11 Å². The van der Waals surface area contributed by atoms with E-state index < -0.39 is 5.79 Å². The summed E-state index contributed by atoms with van der Waals surface area (Å²) in [7, 11) is 0. The van der Waals surface area contributed by atoms with Gasteiger partial charge in [-0.2, -0.15) is 0 Å². The monoisotopic (exact) mass is 228 g/mol. The maximum absolute atomic E-state index is 9.70. The topological polar surface area (TPSA) is 38.7 Å². The van der Waals surface area contributed by atoms with Gasteiger partial charge < -0.3 is 14.6 Å². The molecule has 3 nitrogen and oxygen atoms in total. The normalized spacial score (nSPS) is 30.2. The Morgan fingerprint density at radius 3 is 2.12 bits per heavy atom. The first-order chi connectivity index (χ1) is 7.58. The highest BCUT2D eigenvalue weighted by atomic mass is 16.7. The molecule has 0 amide bonds. The summed E-state index contributed by atoms with van der Waals surface area (Å²) in [5.74, 6) is 0.0928. The third-order valence-corrected chi connectivity index (χ3v) is 4.20. The number of rotatable bonds is 2. The standard InChI is InChI=1S/C13H24O3/c1-12(2)15-9-13(8-14,10-16-12)11-6-4-3-5-7-11/h11,14H,3-10H2,1-2H3. The minimum Gasteiger partial charge on any atom is -0.396 e. The zero-order chi connectivity index (χ0) is 11.6. The largest absolute Gasteiger partial charge is 0.396 e. The first-order valence-corrected chi connectivity index (χ1v) is 6.47. The molecule has 0 bridgehead atoms. The van der Waals surface area contributed by atoms with E-state index in [4.69, 9.17) is 9.47 Å². The van der Waals surface area contributed by atoms with Gasteiger partial charge in [0.1, 0.15) is 0 Å². The van der Waals surface area contributed by atoms with Crippen molar-refractivity contribution in [2.75, 3.05) is 19.8 Å². The van der Waals surface area contributed by atoms with Gasteiger partial charge in [-0.15, -0.1) is 0 Å². The quantitative estimate of drug-likeness (QED) is 0.788. The maximum atomic E-state index is 9.70. The molecule has 16 heavy (non-hydrogen) atoms. The molecule has 1 N–H and O–H groups in total. The summed E-state index contributed by atoms with van der Waals surface area (Å²) in [4.78, 5) is 0. The molecule has 2 fully saturated rings. The molecule has 0 radical (unpaired) electrons. The van der Waals surface area contributed by atoms with E-state index in [0.29, 0.717) is 19.1 Å². The second-order valence-electron chi connectivity index (χ2n) is 5.83. The van der Waals surface area contributed by atoms with Crippen LogP contribution in [-0.4, -0.2) is 30.7 Å². The smallest absolute Gasteiger partial charge is 0.162 e. The van der Waals surface area contributed by atoms with Crippen molar-refractivity contribution in [3.05, 3.63) is 0 Å². The summed E-state index contributed by atoms with van der Waals surface area (Å²) in [5.41, 5.74) is -0.143. The van der Waals surface area contributed by atoms with Crippen LogP contribution in [0.25, 0.3) is 0 Å². The molecule has 1 saturated heterocycles. The summed E-state index contributed by atoms with van der Waals surface area (Å²) in [6, 6.07) is 0. The molecule has 0 spiro atoms. The van der Waals surface area contributed by atoms with Gasteiger partial charge in [0.15, 0.2) is 5.79 Å². The fraction of sp³-hybridized carbons (Fsp3) is 1.00. The predicted molar refractivity (Wildman–Crippen MR) is 62.1 cm³/mol. The minimum atomic E-state index is -0.479. The lowest BCUT2D eigenvalue weighted by Gasteiger charge is -2.47. The van der Waals surface area contributed by atoms with Gasteiger partial charge in [0, 0.05) is 5.41 Å². The summed E-state index contributed by atoms with van der Waals surface area (Å²) >= 11 is 0. The summed E-state index contributed by atoms with van der Waals surface area (Å²) in [6.45, 7) is 5.35. The van der Waals surface area contributed by atoms with Gasteiger partial charge in [-0.25, -0.2) is 0 Å². The Morgan fingerprint density at radius 1 is 1.06 bits per heavy atom. The van der Waals surface area contributed by atoms with Crippen LogP contribution in [0.3, 0.4) is 0 Å². The first-order valence-electron chi connectivity index (χ1n) is 6.47. The average molecular weight is 228 g/mol. The molecule has 94 valence electrons. The molecule has 3 heteroatoms. The third kappa shape index (κ3) is 2.41. The molecule has 0 aromatic heterocycles. The van der Waals surface area contributed by atoms with E-state index in [2.05, 4.69) is 0 Å². The van der Waals surface area contributed by atoms with Crippen LogP contribution in [0, 0.1) is 11.3 Å². The number of hydrogen-bond donors (Lipinski definition) is 1. The van der Waals surface area contributed by atoms with E-state index in [1.807, 2.05) is 13.8 Å². The van der Waals surface area contributed by atoms with Gasteiger partial charge in [-0.05, 0) is 32.6 Å². The van der Waals surface area contributed by atoms with Gasteiger partial charge in [-0.1, -0.05) is 19.3 Å². The van der Waals surface area contributed by atoms with Gasteiger partial charge in [-0.3, -0.25) is 0 Å². The van der Waals surface area contributed by atoms with E-state index in [1.54, 1.807) is 0 Å². The Balaban J connectivity index is 2.02. The molecule has 1 saturated carbocycles. The van der Waals surface area contributed by atoms with Gasteiger partial charge in [0.05, 0.1) is 19.8 Å². The highest BCUT2D eigenvalue weighted by Gasteiger charge is 2.45. The van der Waals surface area contributed by atoms with Crippen molar-refractivity contribution in [2.24, 2.45) is 11.3 Å². The zero-order valence-electron chi connectivity index (χ0n) is 10.5. The lowest BCUT2D eigenvalue weighted by molar-refractivity contribution is -0.300. The second-order valence-corrected chi connectivity index (χ2v) is 5.83. The second kappa shape index (κ2) is 4.63. The van der Waals surface area contributed by atoms with E-state index in [0.717, 1.165) is 0 Å². The van der Waals surface area contributed by atoms with Crippen LogP contribution in [0.1, 0.15) is 46.0 Å². The Labute approximate surface area is 98.1 Å². The van der Waals surface area contributed by atoms with E-state index >= 15 is 0 Å². The van der Waals surface area contributed by atoms with Crippen molar-refractivity contribution in [3.8, 4) is 0 Å².